The van der Waals surface area contributed by atoms with E-state index in [2.05, 4.69) is 0 Å². The summed E-state index contributed by atoms with van der Waals surface area (Å²) >= 11 is 5.87. The zero-order chi connectivity index (χ0) is 14.2. The Morgan fingerprint density at radius 3 is 2.80 bits per heavy atom. The first-order valence-electron chi connectivity index (χ1n) is 7.19. The lowest BCUT2D eigenvalue weighted by Gasteiger charge is -2.23. The number of hydrogen-bond donors (Lipinski definition) is 1. The summed E-state index contributed by atoms with van der Waals surface area (Å²) in [6.07, 6.45) is 7.09. The van der Waals surface area contributed by atoms with Gasteiger partial charge in [0.1, 0.15) is 0 Å². The molecule has 1 aromatic carbocycles. The highest BCUT2D eigenvalue weighted by molar-refractivity contribution is 7.85. The van der Waals surface area contributed by atoms with Crippen molar-refractivity contribution in [3.8, 4) is 0 Å². The van der Waals surface area contributed by atoms with Crippen LogP contribution in [0.25, 0.3) is 0 Å². The van der Waals surface area contributed by atoms with Crippen LogP contribution >= 0.6 is 11.6 Å². The largest absolute Gasteiger partial charge is 0.398 e. The Morgan fingerprint density at radius 2 is 2.10 bits per heavy atom. The van der Waals surface area contributed by atoms with Gasteiger partial charge < -0.3 is 10.5 Å². The van der Waals surface area contributed by atoms with Crippen LogP contribution in [0.2, 0.25) is 5.02 Å². The second-order valence-corrected chi connectivity index (χ2v) is 7.76. The molecule has 2 atom stereocenters. The lowest BCUT2D eigenvalue weighted by atomic mass is 9.98. The molecule has 0 bridgehead atoms. The quantitative estimate of drug-likeness (QED) is 0.869. The number of rotatable bonds is 3. The molecule has 2 unspecified atom stereocenters. The predicted octanol–water partition coefficient (Wildman–Crippen LogP) is 3.52. The van der Waals surface area contributed by atoms with E-state index in [0.717, 1.165) is 12.8 Å². The maximum absolute atomic E-state index is 12.4. The van der Waals surface area contributed by atoms with E-state index in [-0.39, 0.29) is 11.7 Å². The Bertz CT molecular complexity index is 529. The van der Waals surface area contributed by atoms with Crippen LogP contribution in [0.15, 0.2) is 23.1 Å². The van der Waals surface area contributed by atoms with Gasteiger partial charge in [-0.05, 0) is 43.9 Å². The number of nitrogens with two attached hydrogens (primary N) is 1. The Labute approximate surface area is 127 Å². The molecule has 2 aliphatic rings. The lowest BCUT2D eigenvalue weighted by molar-refractivity contribution is -0.0270. The predicted molar refractivity (Wildman–Crippen MR) is 82.4 cm³/mol. The Hall–Kier alpha value is -0.580. The van der Waals surface area contributed by atoms with Crippen LogP contribution in [0, 0.1) is 0 Å². The molecule has 2 fully saturated rings. The van der Waals surface area contributed by atoms with Crippen LogP contribution in [-0.4, -0.2) is 21.7 Å². The van der Waals surface area contributed by atoms with Crippen LogP contribution < -0.4 is 5.73 Å². The molecule has 1 aliphatic carbocycles. The number of benzene rings is 1. The molecule has 1 aromatic rings. The van der Waals surface area contributed by atoms with Gasteiger partial charge in [-0.15, -0.1) is 0 Å². The van der Waals surface area contributed by atoms with Gasteiger partial charge in [0.25, 0.3) is 0 Å². The van der Waals surface area contributed by atoms with Gasteiger partial charge in [0, 0.05) is 10.7 Å². The lowest BCUT2D eigenvalue weighted by Crippen LogP contribution is -2.27. The summed E-state index contributed by atoms with van der Waals surface area (Å²) in [6, 6.07) is 5.15. The highest BCUT2D eigenvalue weighted by Gasteiger charge is 2.42. The zero-order valence-corrected chi connectivity index (χ0v) is 13.0. The molecule has 2 N–H and O–H groups in total. The summed E-state index contributed by atoms with van der Waals surface area (Å²) < 4.78 is 18.6. The average molecular weight is 314 g/mol. The van der Waals surface area contributed by atoms with Gasteiger partial charge in [-0.3, -0.25) is 4.21 Å². The van der Waals surface area contributed by atoms with E-state index in [0.29, 0.717) is 21.4 Å². The van der Waals surface area contributed by atoms with Crippen molar-refractivity contribution in [2.75, 3.05) is 11.5 Å². The number of ether oxygens (including phenoxy) is 1. The molecule has 20 heavy (non-hydrogen) atoms. The fourth-order valence-corrected chi connectivity index (χ4v) is 4.86. The second kappa shape index (κ2) is 5.66. The normalized spacial score (nSPS) is 26.1. The van der Waals surface area contributed by atoms with Crippen molar-refractivity contribution < 1.29 is 8.95 Å². The Balaban J connectivity index is 1.65. The molecule has 5 heteroatoms. The molecule has 0 radical (unpaired) electrons. The van der Waals surface area contributed by atoms with E-state index in [1.54, 1.807) is 18.2 Å². The van der Waals surface area contributed by atoms with Crippen molar-refractivity contribution in [2.24, 2.45) is 0 Å². The molecule has 1 saturated carbocycles. The first-order valence-corrected chi connectivity index (χ1v) is 8.89. The highest BCUT2D eigenvalue weighted by atomic mass is 35.5. The average Bonchev–Trinajstić information content (AvgIpc) is 3.00. The molecule has 1 spiro atoms. The van der Waals surface area contributed by atoms with Gasteiger partial charge in [-0.25, -0.2) is 0 Å². The van der Waals surface area contributed by atoms with Gasteiger partial charge >= 0.3 is 0 Å². The summed E-state index contributed by atoms with van der Waals surface area (Å²) in [4.78, 5) is 0.672. The monoisotopic (exact) mass is 313 g/mol. The van der Waals surface area contributed by atoms with Crippen molar-refractivity contribution in [1.29, 1.82) is 0 Å². The van der Waals surface area contributed by atoms with Crippen molar-refractivity contribution in [1.82, 2.24) is 0 Å². The van der Waals surface area contributed by atoms with Crippen LogP contribution in [-0.2, 0) is 15.5 Å². The van der Waals surface area contributed by atoms with E-state index in [1.165, 1.54) is 25.7 Å². The Kier molecular flexibility index (Phi) is 4.07. The minimum absolute atomic E-state index is 0.0976. The van der Waals surface area contributed by atoms with Crippen LogP contribution in [0.5, 0.6) is 0 Å². The van der Waals surface area contributed by atoms with E-state index in [4.69, 9.17) is 22.1 Å². The minimum Gasteiger partial charge on any atom is -0.398 e. The maximum Gasteiger partial charge on any atom is 0.0702 e. The molecular formula is C15H20ClNO2S. The Morgan fingerprint density at radius 1 is 1.35 bits per heavy atom. The van der Waals surface area contributed by atoms with E-state index in [1.807, 2.05) is 0 Å². The van der Waals surface area contributed by atoms with E-state index >= 15 is 0 Å². The zero-order valence-electron chi connectivity index (χ0n) is 11.4. The smallest absolute Gasteiger partial charge is 0.0702 e. The van der Waals surface area contributed by atoms with Gasteiger partial charge in [0.05, 0.1) is 33.2 Å². The standard InChI is InChI=1S/C15H20ClNO2S/c16-11-3-4-14(13(17)9-11)20(18)10-12-5-8-15(19-12)6-1-2-7-15/h3-4,9,12H,1-2,5-8,10,17H2. The van der Waals surface area contributed by atoms with E-state index < -0.39 is 10.8 Å². The van der Waals surface area contributed by atoms with Crippen molar-refractivity contribution in [2.45, 2.75) is 55.1 Å². The molecular weight excluding hydrogens is 294 g/mol. The number of hydrogen-bond acceptors (Lipinski definition) is 3. The molecule has 1 saturated heterocycles. The third kappa shape index (κ3) is 2.87. The molecule has 3 rings (SSSR count). The van der Waals surface area contributed by atoms with Crippen molar-refractivity contribution in [3.63, 3.8) is 0 Å². The van der Waals surface area contributed by atoms with Crippen LogP contribution in [0.4, 0.5) is 5.69 Å². The van der Waals surface area contributed by atoms with E-state index in [9.17, 15) is 4.21 Å². The van der Waals surface area contributed by atoms with Gasteiger partial charge in [-0.2, -0.15) is 0 Å². The molecule has 3 nitrogen and oxygen atoms in total. The summed E-state index contributed by atoms with van der Waals surface area (Å²) in [6.45, 7) is 0. The summed E-state index contributed by atoms with van der Waals surface area (Å²) in [5.74, 6) is 0.535. The van der Waals surface area contributed by atoms with Crippen LogP contribution in [0.3, 0.4) is 0 Å². The summed E-state index contributed by atoms with van der Waals surface area (Å²) in [7, 11) is -1.12. The first kappa shape index (κ1) is 14.4. The molecule has 1 aliphatic heterocycles. The number of halogens is 1. The number of nitrogen functional groups attached to an aromatic ring is 1. The first-order chi connectivity index (χ1) is 9.58. The van der Waals surface area contributed by atoms with Gasteiger partial charge in [-0.1, -0.05) is 24.4 Å². The fraction of sp³-hybridized carbons (Fsp3) is 0.600. The van der Waals surface area contributed by atoms with Gasteiger partial charge in [0.2, 0.25) is 0 Å². The topological polar surface area (TPSA) is 52.3 Å². The third-order valence-electron chi connectivity index (χ3n) is 4.41. The SMILES string of the molecule is Nc1cc(Cl)ccc1S(=O)CC1CCC2(CCCC2)O1. The summed E-state index contributed by atoms with van der Waals surface area (Å²) in [5.41, 5.74) is 6.50. The third-order valence-corrected chi connectivity index (χ3v) is 6.18. The molecule has 110 valence electrons. The summed E-state index contributed by atoms with van der Waals surface area (Å²) in [5, 5.41) is 0.574. The molecule has 0 aromatic heterocycles. The molecule has 1 heterocycles. The molecule has 0 amide bonds. The minimum atomic E-state index is -1.12. The van der Waals surface area contributed by atoms with Gasteiger partial charge in [0.15, 0.2) is 0 Å². The van der Waals surface area contributed by atoms with Crippen molar-refractivity contribution >= 4 is 28.1 Å². The highest BCUT2D eigenvalue weighted by Crippen LogP contribution is 2.43. The second-order valence-electron chi connectivity index (χ2n) is 5.86. The van der Waals surface area contributed by atoms with Crippen LogP contribution in [0.1, 0.15) is 38.5 Å². The maximum atomic E-state index is 12.4. The van der Waals surface area contributed by atoms with Crippen molar-refractivity contribution in [3.05, 3.63) is 23.2 Å². The fourth-order valence-electron chi connectivity index (χ4n) is 3.39. The number of anilines is 1.